The van der Waals surface area contributed by atoms with Gasteiger partial charge in [-0.1, -0.05) is 17.7 Å². The zero-order valence-corrected chi connectivity index (χ0v) is 14.2. The molecule has 2 rings (SSSR count). The summed E-state index contributed by atoms with van der Waals surface area (Å²) in [5.74, 6) is 0.265. The zero-order valence-electron chi connectivity index (χ0n) is 12.7. The third-order valence-corrected chi connectivity index (χ3v) is 2.81. The lowest BCUT2D eigenvalue weighted by atomic mass is 10.2. The van der Waals surface area contributed by atoms with Gasteiger partial charge in [0.1, 0.15) is 5.60 Å². The minimum atomic E-state index is -0.573. The molecule has 0 aliphatic heterocycles. The van der Waals surface area contributed by atoms with E-state index < -0.39 is 11.7 Å². The molecule has 2 aromatic rings. The van der Waals surface area contributed by atoms with E-state index in [1.165, 1.54) is 0 Å². The number of ether oxygens (including phenoxy) is 1. The number of carbonyl (C=O) groups excluding carboxylic acids is 1. The Morgan fingerprint density at radius 3 is 2.57 bits per heavy atom. The van der Waals surface area contributed by atoms with E-state index in [2.05, 4.69) is 25.8 Å². The van der Waals surface area contributed by atoms with E-state index in [9.17, 15) is 4.79 Å². The molecule has 0 atom stereocenters. The molecule has 0 saturated heterocycles. The molecule has 1 aromatic carbocycles. The van der Waals surface area contributed by atoms with Crippen LogP contribution in [0.25, 0.3) is 0 Å². The van der Waals surface area contributed by atoms with Gasteiger partial charge in [0, 0.05) is 11.4 Å². The first-order valence-electron chi connectivity index (χ1n) is 6.66. The molecular weight excluding hydrogens is 341 g/mol. The molecule has 0 aliphatic carbocycles. The Labute approximate surface area is 143 Å². The van der Waals surface area contributed by atoms with Gasteiger partial charge in [-0.25, -0.2) is 4.79 Å². The highest BCUT2D eigenvalue weighted by atomic mass is 35.5. The zero-order chi connectivity index (χ0) is 17.0. The molecule has 122 valence electrons. The number of rotatable bonds is 3. The highest BCUT2D eigenvalue weighted by Gasteiger charge is 2.16. The van der Waals surface area contributed by atoms with Crippen LogP contribution in [0.1, 0.15) is 20.8 Å². The summed E-state index contributed by atoms with van der Waals surface area (Å²) >= 11 is 11.6. The molecule has 2 N–H and O–H groups in total. The topological polar surface area (TPSA) is 89.0 Å². The lowest BCUT2D eigenvalue weighted by Gasteiger charge is -2.19. The number of amides is 1. The van der Waals surface area contributed by atoms with Gasteiger partial charge in [0.15, 0.2) is 11.0 Å². The van der Waals surface area contributed by atoms with Gasteiger partial charge in [-0.15, -0.1) is 10.2 Å². The summed E-state index contributed by atoms with van der Waals surface area (Å²) in [7, 11) is 0. The molecule has 0 saturated carbocycles. The molecule has 23 heavy (non-hydrogen) atoms. The van der Waals surface area contributed by atoms with E-state index in [-0.39, 0.29) is 16.3 Å². The molecule has 7 nitrogen and oxygen atoms in total. The van der Waals surface area contributed by atoms with E-state index in [0.717, 1.165) is 0 Å². The van der Waals surface area contributed by atoms with Gasteiger partial charge in [0.05, 0.1) is 0 Å². The lowest BCUT2D eigenvalue weighted by Crippen LogP contribution is -2.27. The lowest BCUT2D eigenvalue weighted by molar-refractivity contribution is 0.0636. The maximum atomic E-state index is 11.8. The van der Waals surface area contributed by atoms with E-state index in [4.69, 9.17) is 27.9 Å². The van der Waals surface area contributed by atoms with Crippen LogP contribution in [-0.2, 0) is 4.74 Å². The van der Waals surface area contributed by atoms with Gasteiger partial charge < -0.3 is 10.1 Å². The maximum absolute atomic E-state index is 11.8. The standard InChI is InChI=1S/C14H15Cl2N5O2/c1-14(2,3)23-13(22)18-9-6-4-5-8(7-9)17-11-10(15)20-21-12(16)19-11/h4-7H,1-3H3,(H,18,22)(H,17,19,21). The highest BCUT2D eigenvalue weighted by Crippen LogP contribution is 2.24. The number of anilines is 3. The van der Waals surface area contributed by atoms with Gasteiger partial charge in [-0.05, 0) is 50.6 Å². The molecule has 1 aromatic heterocycles. The second-order valence-electron chi connectivity index (χ2n) is 5.55. The monoisotopic (exact) mass is 355 g/mol. The molecule has 0 fully saturated rings. The third kappa shape index (κ3) is 5.54. The molecule has 0 aliphatic rings. The van der Waals surface area contributed by atoms with Gasteiger partial charge in [-0.2, -0.15) is 4.98 Å². The van der Waals surface area contributed by atoms with Crippen LogP contribution in [0.3, 0.4) is 0 Å². The van der Waals surface area contributed by atoms with Crippen molar-refractivity contribution in [1.29, 1.82) is 0 Å². The number of nitrogens with zero attached hydrogens (tertiary/aromatic N) is 3. The van der Waals surface area contributed by atoms with Crippen molar-refractivity contribution in [3.8, 4) is 0 Å². The maximum Gasteiger partial charge on any atom is 0.412 e. The fourth-order valence-electron chi connectivity index (χ4n) is 1.61. The Kier molecular flexibility index (Phi) is 5.23. The Bertz CT molecular complexity index is 719. The summed E-state index contributed by atoms with van der Waals surface area (Å²) in [5, 5.41) is 12.8. The van der Waals surface area contributed by atoms with Crippen molar-refractivity contribution < 1.29 is 9.53 Å². The first kappa shape index (κ1) is 17.2. The van der Waals surface area contributed by atoms with E-state index in [0.29, 0.717) is 11.4 Å². The second-order valence-corrected chi connectivity index (χ2v) is 6.25. The number of hydrogen-bond acceptors (Lipinski definition) is 6. The predicted molar refractivity (Wildman–Crippen MR) is 89.4 cm³/mol. The Hall–Kier alpha value is -2.12. The molecule has 0 spiro atoms. The predicted octanol–water partition coefficient (Wildman–Crippen LogP) is 4.27. The van der Waals surface area contributed by atoms with Gasteiger partial charge in [0.25, 0.3) is 0 Å². The number of carbonyl (C=O) groups is 1. The molecular formula is C14H15Cl2N5O2. The largest absolute Gasteiger partial charge is 0.444 e. The van der Waals surface area contributed by atoms with Gasteiger partial charge in [-0.3, -0.25) is 5.32 Å². The quantitative estimate of drug-likeness (QED) is 0.854. The van der Waals surface area contributed by atoms with Crippen LogP contribution in [0.2, 0.25) is 10.4 Å². The SMILES string of the molecule is CC(C)(C)OC(=O)Nc1cccc(Nc2nc(Cl)nnc2Cl)c1. The van der Waals surface area contributed by atoms with Crippen LogP contribution in [-0.4, -0.2) is 26.9 Å². The second kappa shape index (κ2) is 6.97. The Balaban J connectivity index is 2.11. The van der Waals surface area contributed by atoms with Crippen LogP contribution in [0.5, 0.6) is 0 Å². The summed E-state index contributed by atoms with van der Waals surface area (Å²) in [6.45, 7) is 5.37. The van der Waals surface area contributed by atoms with Crippen molar-refractivity contribution in [2.24, 2.45) is 0 Å². The summed E-state index contributed by atoms with van der Waals surface area (Å²) in [5.41, 5.74) is 0.613. The molecule has 1 heterocycles. The van der Waals surface area contributed by atoms with Crippen molar-refractivity contribution in [2.75, 3.05) is 10.6 Å². The minimum Gasteiger partial charge on any atom is -0.444 e. The van der Waals surface area contributed by atoms with Crippen molar-refractivity contribution in [1.82, 2.24) is 15.2 Å². The Morgan fingerprint density at radius 1 is 1.17 bits per heavy atom. The summed E-state index contributed by atoms with van der Waals surface area (Å²) in [4.78, 5) is 15.7. The molecule has 0 radical (unpaired) electrons. The number of hydrogen-bond donors (Lipinski definition) is 2. The van der Waals surface area contributed by atoms with Gasteiger partial charge >= 0.3 is 6.09 Å². The van der Waals surface area contributed by atoms with E-state index >= 15 is 0 Å². The molecule has 1 amide bonds. The molecule has 0 bridgehead atoms. The number of aromatic nitrogens is 3. The number of nitrogens with one attached hydrogen (secondary N) is 2. The fraction of sp³-hybridized carbons (Fsp3) is 0.286. The number of halogens is 2. The van der Waals surface area contributed by atoms with Crippen molar-refractivity contribution >= 4 is 46.5 Å². The first-order valence-corrected chi connectivity index (χ1v) is 7.41. The van der Waals surface area contributed by atoms with Crippen molar-refractivity contribution in [3.05, 3.63) is 34.7 Å². The van der Waals surface area contributed by atoms with Crippen molar-refractivity contribution in [3.63, 3.8) is 0 Å². The summed E-state index contributed by atoms with van der Waals surface area (Å²) in [6, 6.07) is 6.93. The van der Waals surface area contributed by atoms with E-state index in [1.54, 1.807) is 45.0 Å². The average Bonchev–Trinajstić information content (AvgIpc) is 2.41. The van der Waals surface area contributed by atoms with E-state index in [1.807, 2.05) is 0 Å². The normalized spacial score (nSPS) is 11.0. The smallest absolute Gasteiger partial charge is 0.412 e. The average molecular weight is 356 g/mol. The van der Waals surface area contributed by atoms with Crippen LogP contribution in [0.4, 0.5) is 22.0 Å². The van der Waals surface area contributed by atoms with Crippen LogP contribution in [0.15, 0.2) is 24.3 Å². The third-order valence-electron chi connectivity index (χ3n) is 2.39. The fourth-order valence-corrected chi connectivity index (χ4v) is 1.86. The van der Waals surface area contributed by atoms with Gasteiger partial charge in [0.2, 0.25) is 5.28 Å². The molecule has 9 heteroatoms. The summed E-state index contributed by atoms with van der Waals surface area (Å²) < 4.78 is 5.20. The van der Waals surface area contributed by atoms with Crippen LogP contribution >= 0.6 is 23.2 Å². The van der Waals surface area contributed by atoms with Crippen LogP contribution in [0, 0.1) is 0 Å². The number of benzene rings is 1. The van der Waals surface area contributed by atoms with Crippen molar-refractivity contribution in [2.45, 2.75) is 26.4 Å². The highest BCUT2D eigenvalue weighted by molar-refractivity contribution is 6.32. The van der Waals surface area contributed by atoms with Crippen LogP contribution < -0.4 is 10.6 Å². The first-order chi connectivity index (χ1) is 10.7. The molecule has 0 unspecified atom stereocenters. The minimum absolute atomic E-state index is 0.0278. The Morgan fingerprint density at radius 2 is 1.87 bits per heavy atom. The summed E-state index contributed by atoms with van der Waals surface area (Å²) in [6.07, 6.45) is -0.542.